The van der Waals surface area contributed by atoms with Gasteiger partial charge in [-0.15, -0.1) is 18.3 Å². The molecule has 0 aromatic rings. The zero-order valence-electron chi connectivity index (χ0n) is 20.5. The van der Waals surface area contributed by atoms with Gasteiger partial charge in [-0.3, -0.25) is 14.4 Å². The van der Waals surface area contributed by atoms with Crippen LogP contribution in [-0.2, 0) is 19.1 Å². The number of carbonyl (C=O) groups is 3. The molecule has 1 N–H and O–H groups in total. The first kappa shape index (κ1) is 26.1. The molecule has 33 heavy (non-hydrogen) atoms. The maximum atomic E-state index is 14.1. The minimum Gasteiger partial charge on any atom is -0.466 e. The predicted octanol–water partition coefficient (Wildman–Crippen LogP) is 2.86. The van der Waals surface area contributed by atoms with Gasteiger partial charge in [-0.2, -0.15) is 0 Å². The molecule has 3 saturated heterocycles. The molecule has 2 amide bonds. The molecule has 0 aromatic heterocycles. The number of thioether (sulfide) groups is 1. The Morgan fingerprint density at radius 3 is 2.70 bits per heavy atom. The molecule has 3 heterocycles. The number of ether oxygens (including phenoxy) is 1. The second-order valence-electron chi connectivity index (χ2n) is 9.62. The van der Waals surface area contributed by atoms with Crippen molar-refractivity contribution < 1.29 is 24.2 Å². The molecule has 3 rings (SSSR count). The quantitative estimate of drug-likeness (QED) is 0.341. The molecule has 0 radical (unpaired) electrons. The Morgan fingerprint density at radius 2 is 2.12 bits per heavy atom. The second kappa shape index (κ2) is 10.8. The van der Waals surface area contributed by atoms with Crippen molar-refractivity contribution >= 4 is 29.5 Å². The largest absolute Gasteiger partial charge is 0.466 e. The highest BCUT2D eigenvalue weighted by Crippen LogP contribution is 2.67. The molecule has 7 atom stereocenters. The maximum absolute atomic E-state index is 14.1. The predicted molar refractivity (Wildman–Crippen MR) is 130 cm³/mol. The molecule has 0 saturated carbocycles. The summed E-state index contributed by atoms with van der Waals surface area (Å²) < 4.78 is 4.73. The molecule has 0 aliphatic carbocycles. The lowest BCUT2D eigenvalue weighted by molar-refractivity contribution is -0.154. The van der Waals surface area contributed by atoms with Gasteiger partial charge in [0.2, 0.25) is 11.8 Å². The van der Waals surface area contributed by atoms with Gasteiger partial charge in [-0.25, -0.2) is 0 Å². The molecule has 1 spiro atoms. The van der Waals surface area contributed by atoms with Gasteiger partial charge in [0, 0.05) is 18.3 Å². The van der Waals surface area contributed by atoms with Gasteiger partial charge in [0.05, 0.1) is 35.8 Å². The lowest BCUT2D eigenvalue weighted by Crippen LogP contribution is -2.58. The van der Waals surface area contributed by atoms with Crippen LogP contribution in [0.4, 0.5) is 0 Å². The van der Waals surface area contributed by atoms with Crippen LogP contribution in [0.3, 0.4) is 0 Å². The van der Waals surface area contributed by atoms with Crippen molar-refractivity contribution in [1.29, 1.82) is 0 Å². The molecule has 2 bridgehead atoms. The molecule has 3 aliphatic rings. The topological polar surface area (TPSA) is 87.2 Å². The lowest BCUT2D eigenvalue weighted by atomic mass is 9.71. The molecule has 3 fully saturated rings. The van der Waals surface area contributed by atoms with Gasteiger partial charge < -0.3 is 19.6 Å². The highest BCUT2D eigenvalue weighted by Gasteiger charge is 2.74. The van der Waals surface area contributed by atoms with E-state index in [-0.39, 0.29) is 42.2 Å². The first-order valence-corrected chi connectivity index (χ1v) is 13.4. The van der Waals surface area contributed by atoms with Crippen molar-refractivity contribution in [3.8, 4) is 0 Å². The van der Waals surface area contributed by atoms with E-state index in [4.69, 9.17) is 4.74 Å². The summed E-state index contributed by atoms with van der Waals surface area (Å²) >= 11 is 1.64. The Morgan fingerprint density at radius 1 is 1.39 bits per heavy atom. The third kappa shape index (κ3) is 4.33. The average molecular weight is 481 g/mol. The monoisotopic (exact) mass is 480 g/mol. The van der Waals surface area contributed by atoms with Crippen LogP contribution in [-0.4, -0.2) is 81.1 Å². The van der Waals surface area contributed by atoms with E-state index in [1.807, 2.05) is 13.8 Å². The second-order valence-corrected chi connectivity index (χ2v) is 11.2. The zero-order valence-corrected chi connectivity index (χ0v) is 21.3. The molecule has 3 aliphatic heterocycles. The number of hydrogen-bond acceptors (Lipinski definition) is 6. The van der Waals surface area contributed by atoms with Crippen LogP contribution in [0.25, 0.3) is 0 Å². The highest BCUT2D eigenvalue weighted by atomic mass is 32.2. The van der Waals surface area contributed by atoms with E-state index < -0.39 is 28.7 Å². The van der Waals surface area contributed by atoms with Gasteiger partial charge in [0.1, 0.15) is 6.04 Å². The number of esters is 1. The fourth-order valence-corrected chi connectivity index (χ4v) is 8.20. The Balaban J connectivity index is 2.08. The van der Waals surface area contributed by atoms with Crippen molar-refractivity contribution in [2.24, 2.45) is 17.8 Å². The molecule has 0 aromatic carbocycles. The number of carbonyl (C=O) groups excluding carboxylic acids is 3. The molecular formula is C25H40N2O5S. The van der Waals surface area contributed by atoms with Crippen LogP contribution in [0.5, 0.6) is 0 Å². The van der Waals surface area contributed by atoms with Gasteiger partial charge >= 0.3 is 5.97 Å². The zero-order chi connectivity index (χ0) is 24.3. The van der Waals surface area contributed by atoms with Gasteiger partial charge in [0.25, 0.3) is 0 Å². The summed E-state index contributed by atoms with van der Waals surface area (Å²) in [5, 5.41) is 10.3. The lowest BCUT2D eigenvalue weighted by Gasteiger charge is -2.41. The molecule has 7 nitrogen and oxygen atoms in total. The fraction of sp³-hybridized carbons (Fsp3) is 0.800. The smallest absolute Gasteiger partial charge is 0.310 e. The number of nitrogens with zero attached hydrogens (tertiary/aromatic N) is 2. The first-order chi connectivity index (χ1) is 15.8. The van der Waals surface area contributed by atoms with E-state index in [0.717, 1.165) is 32.1 Å². The Bertz CT molecular complexity index is 761. The Kier molecular flexibility index (Phi) is 8.54. The fourth-order valence-electron chi connectivity index (χ4n) is 6.02. The van der Waals surface area contributed by atoms with Crippen molar-refractivity contribution in [3.05, 3.63) is 12.7 Å². The third-order valence-electron chi connectivity index (χ3n) is 7.82. The van der Waals surface area contributed by atoms with Gasteiger partial charge in [0.15, 0.2) is 0 Å². The van der Waals surface area contributed by atoms with Crippen LogP contribution < -0.4 is 0 Å². The summed E-state index contributed by atoms with van der Waals surface area (Å²) in [6, 6.07) is -1.15. The Hall–Kier alpha value is -1.54. The number of rotatable bonds is 12. The normalized spacial score (nSPS) is 31.9. The maximum Gasteiger partial charge on any atom is 0.310 e. The summed E-state index contributed by atoms with van der Waals surface area (Å²) in [4.78, 5) is 44.6. The van der Waals surface area contributed by atoms with Crippen molar-refractivity contribution in [2.75, 3.05) is 26.3 Å². The molecular weight excluding hydrogens is 440 g/mol. The minimum absolute atomic E-state index is 0.00452. The summed E-state index contributed by atoms with van der Waals surface area (Å²) in [6.45, 7) is 12.8. The van der Waals surface area contributed by atoms with Crippen molar-refractivity contribution in [3.63, 3.8) is 0 Å². The van der Waals surface area contributed by atoms with Gasteiger partial charge in [-0.05, 0) is 32.1 Å². The number of likely N-dealkylation sites (tertiary alicyclic amines) is 1. The first-order valence-electron chi connectivity index (χ1n) is 12.5. The summed E-state index contributed by atoms with van der Waals surface area (Å²) in [7, 11) is 0. The number of fused-ring (bicyclic) bond motifs is 1. The average Bonchev–Trinajstić information content (AvgIpc) is 3.44. The van der Waals surface area contributed by atoms with E-state index in [1.165, 1.54) is 0 Å². The number of aliphatic hydroxyl groups excluding tert-OH is 1. The van der Waals surface area contributed by atoms with E-state index in [0.29, 0.717) is 13.1 Å². The van der Waals surface area contributed by atoms with Crippen molar-refractivity contribution in [1.82, 2.24) is 9.80 Å². The number of unbranched alkanes of at least 4 members (excludes halogenated alkanes) is 1. The summed E-state index contributed by atoms with van der Waals surface area (Å²) in [5.41, 5.74) is 0. The SMILES string of the molecule is C=CCN(CCCC)C(=O)C1N([C@@H](CO)[C@@H](C)CC)C(=O)[C@@H]2[C@@H](C(=O)OCC)[C@H]3CCC12S3. The van der Waals surface area contributed by atoms with E-state index in [1.54, 1.807) is 34.6 Å². The molecule has 8 heteroatoms. The summed E-state index contributed by atoms with van der Waals surface area (Å²) in [6.07, 6.45) is 5.83. The standard InChI is InChI=1S/C25H40N2O5S/c1-6-10-14-26(13-7-2)23(30)21-25-12-11-18(33-25)19(24(31)32-9-4)20(25)22(29)27(21)17(15-28)16(5)8-3/h7,16-21,28H,2,6,8-15H2,1,3-5H3/t16-,17-,18+,19-,20-,21?,25?/m0/s1. The van der Waals surface area contributed by atoms with Gasteiger partial charge in [-0.1, -0.05) is 39.7 Å². The van der Waals surface area contributed by atoms with Crippen molar-refractivity contribution in [2.45, 2.75) is 81.9 Å². The number of hydrogen-bond donors (Lipinski definition) is 1. The summed E-state index contributed by atoms with van der Waals surface area (Å²) in [5.74, 6) is -1.68. The minimum atomic E-state index is -0.688. The third-order valence-corrected chi connectivity index (χ3v) is 9.77. The van der Waals surface area contributed by atoms with E-state index in [2.05, 4.69) is 13.5 Å². The van der Waals surface area contributed by atoms with Crippen LogP contribution in [0.2, 0.25) is 0 Å². The van der Waals surface area contributed by atoms with Crippen LogP contribution in [0, 0.1) is 17.8 Å². The van der Waals surface area contributed by atoms with E-state index in [9.17, 15) is 19.5 Å². The van der Waals surface area contributed by atoms with Crippen LogP contribution >= 0.6 is 11.8 Å². The van der Waals surface area contributed by atoms with Crippen LogP contribution in [0.15, 0.2) is 12.7 Å². The highest BCUT2D eigenvalue weighted by molar-refractivity contribution is 8.02. The molecule has 186 valence electrons. The Labute approximate surface area is 202 Å². The van der Waals surface area contributed by atoms with E-state index >= 15 is 0 Å². The number of aliphatic hydroxyl groups is 1. The van der Waals surface area contributed by atoms with Crippen LogP contribution in [0.1, 0.15) is 59.8 Å². The number of amides is 2. The molecule has 2 unspecified atom stereocenters.